The first-order valence-electron chi connectivity index (χ1n) is 6.74. The number of hydrogen-bond donors (Lipinski definition) is 2. The van der Waals surface area contributed by atoms with E-state index in [1.54, 1.807) is 7.31 Å². The molecular formula is C12H28B2N3. The van der Waals surface area contributed by atoms with Crippen LogP contribution >= 0.6 is 0 Å². The van der Waals surface area contributed by atoms with Gasteiger partial charge in [-0.05, 0) is 53.1 Å². The van der Waals surface area contributed by atoms with Crippen molar-refractivity contribution in [1.29, 1.82) is 0 Å². The topological polar surface area (TPSA) is 41.3 Å². The standard InChI is InChI=1S/C12H28B2N3/c1-5-12(3,4)16-9-7-6-8-10-17(14-13)11(2)15/h11,16H,5-10,15H2,1-4H3. The summed E-state index contributed by atoms with van der Waals surface area (Å²) in [6, 6.07) is 0. The van der Waals surface area contributed by atoms with Crippen molar-refractivity contribution in [2.45, 2.75) is 65.1 Å². The maximum Gasteiger partial charge on any atom is 0.150 e. The second-order valence-electron chi connectivity index (χ2n) is 5.35. The van der Waals surface area contributed by atoms with Gasteiger partial charge in [-0.2, -0.15) is 0 Å². The summed E-state index contributed by atoms with van der Waals surface area (Å²) < 4.78 is 0. The molecule has 1 atom stereocenters. The van der Waals surface area contributed by atoms with Crippen molar-refractivity contribution in [2.24, 2.45) is 5.73 Å². The molecule has 0 heterocycles. The lowest BCUT2D eigenvalue weighted by atomic mass is 9.65. The van der Waals surface area contributed by atoms with Gasteiger partial charge in [-0.1, -0.05) is 13.3 Å². The summed E-state index contributed by atoms with van der Waals surface area (Å²) >= 11 is 0. The molecule has 5 heteroatoms. The SMILES string of the molecule is [B][B]N(CCCCCNC(C)(C)CC)C(C)N. The molecule has 0 aliphatic carbocycles. The van der Waals surface area contributed by atoms with E-state index in [0.717, 1.165) is 25.9 Å². The number of unbranched alkanes of at least 4 members (excludes halogenated alkanes) is 2. The highest BCUT2D eigenvalue weighted by Gasteiger charge is 2.12. The maximum absolute atomic E-state index is 5.77. The van der Waals surface area contributed by atoms with E-state index in [2.05, 4.69) is 26.1 Å². The van der Waals surface area contributed by atoms with Gasteiger partial charge in [0.1, 0.15) is 0 Å². The normalized spacial score (nSPS) is 14.0. The van der Waals surface area contributed by atoms with Crippen LogP contribution in [0.1, 0.15) is 53.4 Å². The van der Waals surface area contributed by atoms with E-state index in [0.29, 0.717) is 0 Å². The van der Waals surface area contributed by atoms with Crippen LogP contribution in [-0.2, 0) is 0 Å². The highest BCUT2D eigenvalue weighted by Crippen LogP contribution is 2.07. The molecule has 97 valence electrons. The Bertz CT molecular complexity index is 187. The summed E-state index contributed by atoms with van der Waals surface area (Å²) in [6.45, 7) is 10.7. The zero-order valence-corrected chi connectivity index (χ0v) is 12.0. The Morgan fingerprint density at radius 3 is 2.47 bits per heavy atom. The van der Waals surface area contributed by atoms with Crippen LogP contribution in [0.5, 0.6) is 0 Å². The minimum Gasteiger partial charge on any atom is -0.343 e. The molecule has 0 saturated heterocycles. The molecule has 0 aromatic heterocycles. The van der Waals surface area contributed by atoms with E-state index in [1.807, 2.05) is 11.7 Å². The van der Waals surface area contributed by atoms with Gasteiger partial charge >= 0.3 is 0 Å². The Kier molecular flexibility index (Phi) is 9.01. The van der Waals surface area contributed by atoms with Crippen LogP contribution in [0, 0.1) is 0 Å². The van der Waals surface area contributed by atoms with Crippen LogP contribution in [0.2, 0.25) is 0 Å². The van der Waals surface area contributed by atoms with E-state index in [4.69, 9.17) is 13.5 Å². The van der Waals surface area contributed by atoms with E-state index in [9.17, 15) is 0 Å². The molecule has 0 rings (SSSR count). The van der Waals surface area contributed by atoms with Gasteiger partial charge < -0.3 is 15.9 Å². The molecule has 3 radical (unpaired) electrons. The lowest BCUT2D eigenvalue weighted by Crippen LogP contribution is -2.43. The average Bonchev–Trinajstić information content (AvgIpc) is 2.27. The molecule has 0 fully saturated rings. The molecule has 0 saturated carbocycles. The fourth-order valence-electron chi connectivity index (χ4n) is 1.56. The Labute approximate surface area is 110 Å². The first kappa shape index (κ1) is 17.0. The van der Waals surface area contributed by atoms with Crippen LogP contribution in [0.4, 0.5) is 0 Å². The number of nitrogens with one attached hydrogen (secondary N) is 1. The lowest BCUT2D eigenvalue weighted by Gasteiger charge is -2.26. The highest BCUT2D eigenvalue weighted by molar-refractivity contribution is 6.87. The Hall–Kier alpha value is 0.00987. The largest absolute Gasteiger partial charge is 0.343 e. The molecular weight excluding hydrogens is 208 g/mol. The van der Waals surface area contributed by atoms with Gasteiger partial charge in [-0.25, -0.2) is 0 Å². The minimum atomic E-state index is 0.0112. The summed E-state index contributed by atoms with van der Waals surface area (Å²) in [5, 5.41) is 3.56. The minimum absolute atomic E-state index is 0.0112. The fourth-order valence-corrected chi connectivity index (χ4v) is 1.56. The van der Waals surface area contributed by atoms with Crippen molar-refractivity contribution in [3.05, 3.63) is 0 Å². The number of rotatable bonds is 10. The summed E-state index contributed by atoms with van der Waals surface area (Å²) in [5.41, 5.74) is 6.03. The van der Waals surface area contributed by atoms with Gasteiger partial charge in [-0.3, -0.25) is 0 Å². The van der Waals surface area contributed by atoms with Gasteiger partial charge in [0.05, 0.1) is 0 Å². The zero-order chi connectivity index (χ0) is 13.3. The first-order chi connectivity index (χ1) is 7.93. The zero-order valence-electron chi connectivity index (χ0n) is 12.0. The van der Waals surface area contributed by atoms with Crippen LogP contribution in [-0.4, -0.2) is 44.6 Å². The van der Waals surface area contributed by atoms with Crippen molar-refractivity contribution in [1.82, 2.24) is 10.1 Å². The van der Waals surface area contributed by atoms with Gasteiger partial charge in [0.2, 0.25) is 0 Å². The molecule has 1 unspecified atom stereocenters. The second kappa shape index (κ2) is 9.01. The van der Waals surface area contributed by atoms with Gasteiger partial charge in [0, 0.05) is 19.4 Å². The van der Waals surface area contributed by atoms with Gasteiger partial charge in [0.15, 0.2) is 7.31 Å². The average molecular weight is 236 g/mol. The van der Waals surface area contributed by atoms with Crippen molar-refractivity contribution >= 4 is 15.0 Å². The first-order valence-corrected chi connectivity index (χ1v) is 6.74. The Morgan fingerprint density at radius 1 is 1.35 bits per heavy atom. The molecule has 17 heavy (non-hydrogen) atoms. The number of nitrogens with two attached hydrogens (primary N) is 1. The molecule has 0 aromatic rings. The Morgan fingerprint density at radius 2 is 2.00 bits per heavy atom. The van der Waals surface area contributed by atoms with E-state index in [-0.39, 0.29) is 11.7 Å². The monoisotopic (exact) mass is 236 g/mol. The lowest BCUT2D eigenvalue weighted by molar-refractivity contribution is 0.343. The van der Waals surface area contributed by atoms with Crippen molar-refractivity contribution in [3.63, 3.8) is 0 Å². The van der Waals surface area contributed by atoms with Crippen molar-refractivity contribution in [2.75, 3.05) is 13.1 Å². The van der Waals surface area contributed by atoms with Gasteiger partial charge in [0.25, 0.3) is 0 Å². The van der Waals surface area contributed by atoms with E-state index >= 15 is 0 Å². The summed E-state index contributed by atoms with van der Waals surface area (Å²) in [6.07, 6.45) is 4.74. The molecule has 0 aliphatic heterocycles. The molecule has 0 amide bonds. The molecule has 3 nitrogen and oxygen atoms in total. The molecule has 3 N–H and O–H groups in total. The van der Waals surface area contributed by atoms with Crippen molar-refractivity contribution in [3.8, 4) is 0 Å². The third kappa shape index (κ3) is 8.70. The van der Waals surface area contributed by atoms with Crippen LogP contribution < -0.4 is 11.1 Å². The smallest absolute Gasteiger partial charge is 0.150 e. The highest BCUT2D eigenvalue weighted by atomic mass is 15.1. The summed E-state index contributed by atoms with van der Waals surface area (Å²) in [5.74, 6) is 0. The quantitative estimate of drug-likeness (QED) is 0.340. The second-order valence-corrected chi connectivity index (χ2v) is 5.35. The van der Waals surface area contributed by atoms with E-state index < -0.39 is 0 Å². The van der Waals surface area contributed by atoms with Crippen LogP contribution in [0.25, 0.3) is 0 Å². The fraction of sp³-hybridized carbons (Fsp3) is 1.00. The van der Waals surface area contributed by atoms with Gasteiger partial charge in [-0.15, -0.1) is 0 Å². The van der Waals surface area contributed by atoms with Crippen molar-refractivity contribution < 1.29 is 0 Å². The number of hydrogen-bond acceptors (Lipinski definition) is 3. The number of nitrogens with zero attached hydrogens (tertiary/aromatic N) is 1. The third-order valence-corrected chi connectivity index (χ3v) is 3.30. The molecule has 0 bridgehead atoms. The maximum atomic E-state index is 5.77. The van der Waals surface area contributed by atoms with E-state index in [1.165, 1.54) is 12.8 Å². The predicted molar refractivity (Wildman–Crippen MR) is 78.1 cm³/mol. The summed E-state index contributed by atoms with van der Waals surface area (Å²) in [7, 11) is 7.08. The molecule has 0 aliphatic rings. The predicted octanol–water partition coefficient (Wildman–Crippen LogP) is 1.24. The molecule has 0 spiro atoms. The van der Waals surface area contributed by atoms with Crippen LogP contribution in [0.3, 0.4) is 0 Å². The summed E-state index contributed by atoms with van der Waals surface area (Å²) in [4.78, 5) is 1.98. The third-order valence-electron chi connectivity index (χ3n) is 3.30. The Balaban J connectivity index is 3.46. The van der Waals surface area contributed by atoms with Crippen LogP contribution in [0.15, 0.2) is 0 Å². The molecule has 0 aromatic carbocycles.